The maximum Gasteiger partial charge on any atom is 0.269 e. The Hall–Kier alpha value is -1.63. The van der Waals surface area contributed by atoms with Gasteiger partial charge in [-0.2, -0.15) is 0 Å². The van der Waals surface area contributed by atoms with E-state index in [0.717, 1.165) is 6.26 Å². The van der Waals surface area contributed by atoms with Crippen molar-refractivity contribution in [3.63, 3.8) is 0 Å². The Morgan fingerprint density at radius 3 is 2.12 bits per heavy atom. The number of nitro groups is 1. The Morgan fingerprint density at radius 2 is 1.81 bits per heavy atom. The molecule has 0 saturated carbocycles. The van der Waals surface area contributed by atoms with Crippen LogP contribution in [-0.2, 0) is 10.0 Å². The molecule has 0 heterocycles. The van der Waals surface area contributed by atoms with E-state index in [2.05, 4.69) is 0 Å². The molecule has 0 unspecified atom stereocenters. The summed E-state index contributed by atoms with van der Waals surface area (Å²) < 4.78 is 23.9. The van der Waals surface area contributed by atoms with Crippen LogP contribution in [0, 0.1) is 10.1 Å². The van der Waals surface area contributed by atoms with Crippen LogP contribution in [-0.4, -0.2) is 26.1 Å². The molecule has 1 aromatic carbocycles. The van der Waals surface area contributed by atoms with Gasteiger partial charge < -0.3 is 0 Å². The van der Waals surface area contributed by atoms with Crippen molar-refractivity contribution in [2.24, 2.45) is 0 Å². The van der Waals surface area contributed by atoms with Crippen LogP contribution in [0.5, 0.6) is 0 Å². The second-order valence-corrected chi connectivity index (χ2v) is 5.11. The molecule has 88 valence electrons. The van der Waals surface area contributed by atoms with Gasteiger partial charge >= 0.3 is 0 Å². The molecule has 0 aliphatic carbocycles. The molecule has 0 aliphatic heterocycles. The number of benzene rings is 1. The number of anilines is 1. The van der Waals surface area contributed by atoms with E-state index in [9.17, 15) is 18.5 Å². The average Bonchev–Trinajstić information content (AvgIpc) is 2.17. The van der Waals surface area contributed by atoms with Crippen LogP contribution < -0.4 is 4.31 Å². The van der Waals surface area contributed by atoms with Crippen molar-refractivity contribution in [1.82, 2.24) is 0 Å². The average molecular weight is 244 g/mol. The third-order valence-corrected chi connectivity index (χ3v) is 3.31. The van der Waals surface area contributed by atoms with Gasteiger partial charge in [-0.15, -0.1) is 0 Å². The molecule has 0 N–H and O–H groups in total. The van der Waals surface area contributed by atoms with Gasteiger partial charge in [-0.05, 0) is 19.1 Å². The molecule has 0 atom stereocenters. The van der Waals surface area contributed by atoms with Crippen molar-refractivity contribution in [2.45, 2.75) is 6.92 Å². The minimum absolute atomic E-state index is 0.0618. The minimum Gasteiger partial charge on any atom is -0.271 e. The summed E-state index contributed by atoms with van der Waals surface area (Å²) in [6.07, 6.45) is 1.10. The molecule has 1 rings (SSSR count). The van der Waals surface area contributed by atoms with Crippen LogP contribution in [0.4, 0.5) is 11.4 Å². The zero-order chi connectivity index (χ0) is 12.3. The standard InChI is InChI=1S/C9H12N2O4S/c1-3-10(16(2,14)15)8-4-6-9(7-5-8)11(12)13/h4-7H,3H2,1-2H3. The number of hydrogen-bond acceptors (Lipinski definition) is 4. The predicted octanol–water partition coefficient (Wildman–Crippen LogP) is 1.38. The highest BCUT2D eigenvalue weighted by Crippen LogP contribution is 2.20. The first-order chi connectivity index (χ1) is 7.36. The molecule has 0 fully saturated rings. The molecule has 0 bridgehead atoms. The lowest BCUT2D eigenvalue weighted by atomic mass is 10.3. The lowest BCUT2D eigenvalue weighted by Crippen LogP contribution is -2.29. The van der Waals surface area contributed by atoms with Crippen molar-refractivity contribution in [1.29, 1.82) is 0 Å². The molecule has 0 radical (unpaired) electrons. The molecule has 0 saturated heterocycles. The van der Waals surface area contributed by atoms with Gasteiger partial charge in [-0.25, -0.2) is 8.42 Å². The molecule has 0 aromatic heterocycles. The van der Waals surface area contributed by atoms with Gasteiger partial charge in [0.15, 0.2) is 0 Å². The second kappa shape index (κ2) is 4.48. The van der Waals surface area contributed by atoms with Crippen molar-refractivity contribution in [3.05, 3.63) is 34.4 Å². The van der Waals surface area contributed by atoms with E-state index in [4.69, 9.17) is 0 Å². The number of non-ortho nitro benzene ring substituents is 1. The van der Waals surface area contributed by atoms with E-state index in [-0.39, 0.29) is 12.2 Å². The highest BCUT2D eigenvalue weighted by atomic mass is 32.2. The lowest BCUT2D eigenvalue weighted by molar-refractivity contribution is -0.384. The van der Waals surface area contributed by atoms with Crippen molar-refractivity contribution >= 4 is 21.4 Å². The fraction of sp³-hybridized carbons (Fsp3) is 0.333. The molecular weight excluding hydrogens is 232 g/mol. The third kappa shape index (κ3) is 2.69. The molecular formula is C9H12N2O4S. The van der Waals surface area contributed by atoms with E-state index in [1.807, 2.05) is 0 Å². The number of hydrogen-bond donors (Lipinski definition) is 0. The quantitative estimate of drug-likeness (QED) is 0.592. The van der Waals surface area contributed by atoms with Crippen molar-refractivity contribution in [2.75, 3.05) is 17.1 Å². The van der Waals surface area contributed by atoms with Gasteiger partial charge in [-0.3, -0.25) is 14.4 Å². The minimum atomic E-state index is -3.34. The summed E-state index contributed by atoms with van der Waals surface area (Å²) in [6, 6.07) is 5.40. The normalized spacial score (nSPS) is 11.1. The Balaban J connectivity index is 3.10. The summed E-state index contributed by atoms with van der Waals surface area (Å²) in [6.45, 7) is 1.99. The second-order valence-electron chi connectivity index (χ2n) is 3.20. The van der Waals surface area contributed by atoms with Crippen LogP contribution in [0.25, 0.3) is 0 Å². The predicted molar refractivity (Wildman–Crippen MR) is 61.0 cm³/mol. The maximum atomic E-state index is 11.4. The van der Waals surface area contributed by atoms with Gasteiger partial charge in [-0.1, -0.05) is 0 Å². The van der Waals surface area contributed by atoms with E-state index in [0.29, 0.717) is 5.69 Å². The monoisotopic (exact) mass is 244 g/mol. The molecule has 0 amide bonds. The van der Waals surface area contributed by atoms with Crippen LogP contribution in [0.15, 0.2) is 24.3 Å². The summed E-state index contributed by atoms with van der Waals surface area (Å²) in [4.78, 5) is 9.89. The van der Waals surface area contributed by atoms with Crippen LogP contribution in [0.2, 0.25) is 0 Å². The fourth-order valence-corrected chi connectivity index (χ4v) is 2.32. The van der Waals surface area contributed by atoms with Crippen LogP contribution >= 0.6 is 0 Å². The summed E-state index contributed by atoms with van der Waals surface area (Å²) >= 11 is 0. The fourth-order valence-electron chi connectivity index (χ4n) is 1.35. The van der Waals surface area contributed by atoms with E-state index >= 15 is 0 Å². The third-order valence-electron chi connectivity index (χ3n) is 2.04. The van der Waals surface area contributed by atoms with Crippen LogP contribution in [0.1, 0.15) is 6.92 Å². The van der Waals surface area contributed by atoms with Gasteiger partial charge in [0, 0.05) is 18.7 Å². The topological polar surface area (TPSA) is 80.5 Å². The highest BCUT2D eigenvalue weighted by molar-refractivity contribution is 7.92. The molecule has 7 heteroatoms. The number of rotatable bonds is 4. The SMILES string of the molecule is CCN(c1ccc([N+](=O)[O-])cc1)S(C)(=O)=O. The largest absolute Gasteiger partial charge is 0.271 e. The van der Waals surface area contributed by atoms with E-state index < -0.39 is 14.9 Å². The smallest absolute Gasteiger partial charge is 0.269 e. The number of nitro benzene ring substituents is 1. The molecule has 0 spiro atoms. The zero-order valence-electron chi connectivity index (χ0n) is 8.95. The number of nitrogens with zero attached hydrogens (tertiary/aromatic N) is 2. The van der Waals surface area contributed by atoms with Crippen LogP contribution in [0.3, 0.4) is 0 Å². The van der Waals surface area contributed by atoms with Gasteiger partial charge in [0.05, 0.1) is 16.9 Å². The van der Waals surface area contributed by atoms with E-state index in [1.54, 1.807) is 6.92 Å². The van der Waals surface area contributed by atoms with Gasteiger partial charge in [0.25, 0.3) is 5.69 Å². The van der Waals surface area contributed by atoms with E-state index in [1.165, 1.54) is 28.6 Å². The Morgan fingerprint density at radius 1 is 1.31 bits per heavy atom. The first kappa shape index (κ1) is 12.4. The zero-order valence-corrected chi connectivity index (χ0v) is 9.77. The highest BCUT2D eigenvalue weighted by Gasteiger charge is 2.15. The molecule has 0 aliphatic rings. The van der Waals surface area contributed by atoms with Gasteiger partial charge in [0.2, 0.25) is 10.0 Å². The maximum absolute atomic E-state index is 11.4. The Bertz CT molecular complexity index is 481. The first-order valence-corrected chi connectivity index (χ1v) is 6.43. The first-order valence-electron chi connectivity index (χ1n) is 4.58. The molecule has 16 heavy (non-hydrogen) atoms. The molecule has 1 aromatic rings. The Kier molecular flexibility index (Phi) is 3.48. The summed E-state index contributed by atoms with van der Waals surface area (Å²) in [5.41, 5.74) is 0.365. The number of sulfonamides is 1. The lowest BCUT2D eigenvalue weighted by Gasteiger charge is -2.19. The summed E-state index contributed by atoms with van der Waals surface area (Å²) in [5.74, 6) is 0. The van der Waals surface area contributed by atoms with Crippen molar-refractivity contribution in [3.8, 4) is 0 Å². The summed E-state index contributed by atoms with van der Waals surface area (Å²) in [5, 5.41) is 10.4. The Labute approximate surface area is 93.7 Å². The van der Waals surface area contributed by atoms with Gasteiger partial charge in [0.1, 0.15) is 0 Å². The summed E-state index contributed by atoms with van der Waals surface area (Å²) in [7, 11) is -3.34. The molecule has 6 nitrogen and oxygen atoms in total. The van der Waals surface area contributed by atoms with Crippen molar-refractivity contribution < 1.29 is 13.3 Å².